The Morgan fingerprint density at radius 2 is 1.97 bits per heavy atom. The second-order valence-electron chi connectivity index (χ2n) is 7.10. The summed E-state index contributed by atoms with van der Waals surface area (Å²) in [5.74, 6) is -1.24. The van der Waals surface area contributed by atoms with E-state index in [0.29, 0.717) is 16.8 Å². The molecule has 1 heterocycles. The Hall–Kier alpha value is -1.87. The zero-order valence-electron chi connectivity index (χ0n) is 16.0. The lowest BCUT2D eigenvalue weighted by Crippen LogP contribution is -2.26. The number of aromatic nitrogens is 1. The highest BCUT2D eigenvalue weighted by Gasteiger charge is 2.34. The van der Waals surface area contributed by atoms with Crippen LogP contribution in [-0.4, -0.2) is 22.4 Å². The van der Waals surface area contributed by atoms with Crippen molar-refractivity contribution in [3.63, 3.8) is 0 Å². The lowest BCUT2D eigenvalue weighted by atomic mass is 9.91. The van der Waals surface area contributed by atoms with Crippen LogP contribution in [0, 0.1) is 10.5 Å². The van der Waals surface area contributed by atoms with Crippen LogP contribution in [0.4, 0.5) is 18.9 Å². The highest BCUT2D eigenvalue weighted by Crippen LogP contribution is 2.33. The van der Waals surface area contributed by atoms with E-state index in [1.165, 1.54) is 0 Å². The number of carbonyl (C=O) groups is 1. The van der Waals surface area contributed by atoms with E-state index in [-0.39, 0.29) is 6.42 Å². The SMILES string of the molecule is Cc1cccc(C(CC(Cl)CC(F)(F)F)C(=O)Nc2ccc(I)c3cccnc23)c1. The van der Waals surface area contributed by atoms with Crippen molar-refractivity contribution in [2.24, 2.45) is 0 Å². The third-order valence-corrected chi connectivity index (χ3v) is 5.95. The van der Waals surface area contributed by atoms with E-state index >= 15 is 0 Å². The Morgan fingerprint density at radius 1 is 1.20 bits per heavy atom. The van der Waals surface area contributed by atoms with E-state index in [4.69, 9.17) is 11.6 Å². The van der Waals surface area contributed by atoms with Crippen LogP contribution in [0.25, 0.3) is 10.9 Å². The molecule has 3 rings (SSSR count). The van der Waals surface area contributed by atoms with Crippen molar-refractivity contribution < 1.29 is 18.0 Å². The maximum atomic E-state index is 13.2. The van der Waals surface area contributed by atoms with Crippen LogP contribution in [0.3, 0.4) is 0 Å². The molecule has 8 heteroatoms. The standard InChI is InChI=1S/C22H19ClF3IN2O/c1-13-4-2-5-14(10-13)17(11-15(23)12-22(24,25)26)21(30)29-19-8-7-18(27)16-6-3-9-28-20(16)19/h2-10,15,17H,11-12H2,1H3,(H,29,30). The molecule has 2 aromatic carbocycles. The van der Waals surface area contributed by atoms with Crippen molar-refractivity contribution in [2.45, 2.75) is 37.2 Å². The van der Waals surface area contributed by atoms with Crippen LogP contribution in [0.2, 0.25) is 0 Å². The first-order chi connectivity index (χ1) is 14.1. The first-order valence-corrected chi connectivity index (χ1v) is 10.8. The molecule has 30 heavy (non-hydrogen) atoms. The molecule has 0 aliphatic carbocycles. The van der Waals surface area contributed by atoms with Gasteiger partial charge in [0.2, 0.25) is 5.91 Å². The molecule has 158 valence electrons. The average molecular weight is 547 g/mol. The summed E-state index contributed by atoms with van der Waals surface area (Å²) in [4.78, 5) is 17.5. The summed E-state index contributed by atoms with van der Waals surface area (Å²) in [6.07, 6.45) is -4.05. The maximum Gasteiger partial charge on any atom is 0.390 e. The molecule has 1 N–H and O–H groups in total. The monoisotopic (exact) mass is 546 g/mol. The maximum absolute atomic E-state index is 13.2. The second-order valence-corrected chi connectivity index (χ2v) is 8.88. The smallest absolute Gasteiger partial charge is 0.324 e. The third kappa shape index (κ3) is 5.85. The summed E-state index contributed by atoms with van der Waals surface area (Å²) in [5, 5.41) is 2.52. The minimum Gasteiger partial charge on any atom is -0.324 e. The van der Waals surface area contributed by atoms with E-state index in [9.17, 15) is 18.0 Å². The van der Waals surface area contributed by atoms with Crippen molar-refractivity contribution >= 4 is 56.7 Å². The number of benzene rings is 2. The van der Waals surface area contributed by atoms with Crippen molar-refractivity contribution in [1.29, 1.82) is 0 Å². The molecular weight excluding hydrogens is 528 g/mol. The minimum absolute atomic E-state index is 0.133. The molecule has 0 saturated heterocycles. The van der Waals surface area contributed by atoms with Crippen LogP contribution in [0.15, 0.2) is 54.7 Å². The summed E-state index contributed by atoms with van der Waals surface area (Å²) in [6.45, 7) is 1.86. The molecule has 0 radical (unpaired) electrons. The lowest BCUT2D eigenvalue weighted by Gasteiger charge is -2.21. The van der Waals surface area contributed by atoms with E-state index in [2.05, 4.69) is 32.9 Å². The van der Waals surface area contributed by atoms with Gasteiger partial charge in [-0.05, 0) is 59.7 Å². The lowest BCUT2D eigenvalue weighted by molar-refractivity contribution is -0.135. The Kier molecular flexibility index (Phi) is 7.23. The van der Waals surface area contributed by atoms with Gasteiger partial charge in [0.1, 0.15) is 0 Å². The van der Waals surface area contributed by atoms with Gasteiger partial charge in [-0.3, -0.25) is 9.78 Å². The number of nitrogens with one attached hydrogen (secondary N) is 1. The Morgan fingerprint density at radius 3 is 2.67 bits per heavy atom. The predicted molar refractivity (Wildman–Crippen MR) is 122 cm³/mol. The van der Waals surface area contributed by atoms with Gasteiger partial charge < -0.3 is 5.32 Å². The van der Waals surface area contributed by atoms with Gasteiger partial charge in [0.15, 0.2) is 0 Å². The van der Waals surface area contributed by atoms with E-state index in [1.54, 1.807) is 36.5 Å². The number of fused-ring (bicyclic) bond motifs is 1. The molecular formula is C22H19ClF3IN2O. The highest BCUT2D eigenvalue weighted by molar-refractivity contribution is 14.1. The minimum atomic E-state index is -4.39. The van der Waals surface area contributed by atoms with Gasteiger partial charge in [-0.1, -0.05) is 35.9 Å². The number of nitrogens with zero attached hydrogens (tertiary/aromatic N) is 1. The molecule has 0 saturated carbocycles. The first-order valence-electron chi connectivity index (χ1n) is 9.25. The molecule has 3 aromatic rings. The number of pyridine rings is 1. The predicted octanol–water partition coefficient (Wildman–Crippen LogP) is 6.82. The fraction of sp³-hybridized carbons (Fsp3) is 0.273. The molecule has 0 bridgehead atoms. The molecule has 1 aromatic heterocycles. The van der Waals surface area contributed by atoms with Crippen molar-refractivity contribution in [3.8, 4) is 0 Å². The molecule has 0 aliphatic rings. The number of halogens is 5. The number of alkyl halides is 4. The van der Waals surface area contributed by atoms with Crippen LogP contribution in [0.5, 0.6) is 0 Å². The second kappa shape index (κ2) is 9.51. The van der Waals surface area contributed by atoms with Gasteiger partial charge in [0.05, 0.1) is 23.5 Å². The topological polar surface area (TPSA) is 42.0 Å². The zero-order valence-corrected chi connectivity index (χ0v) is 18.9. The molecule has 2 atom stereocenters. The molecule has 1 amide bonds. The highest BCUT2D eigenvalue weighted by atomic mass is 127. The Labute approximate surface area is 191 Å². The van der Waals surface area contributed by atoms with Crippen molar-refractivity contribution in [1.82, 2.24) is 4.98 Å². The van der Waals surface area contributed by atoms with Gasteiger partial charge in [-0.15, -0.1) is 11.6 Å². The molecule has 0 aliphatic heterocycles. The van der Waals surface area contributed by atoms with Gasteiger partial charge in [0.25, 0.3) is 0 Å². The quantitative estimate of drug-likeness (QED) is 0.272. The molecule has 0 spiro atoms. The summed E-state index contributed by atoms with van der Waals surface area (Å²) < 4.78 is 39.3. The largest absolute Gasteiger partial charge is 0.390 e. The fourth-order valence-electron chi connectivity index (χ4n) is 3.33. The number of carbonyl (C=O) groups excluding carboxylic acids is 1. The van der Waals surface area contributed by atoms with Gasteiger partial charge >= 0.3 is 6.18 Å². The van der Waals surface area contributed by atoms with E-state index in [0.717, 1.165) is 14.5 Å². The van der Waals surface area contributed by atoms with Gasteiger partial charge in [-0.2, -0.15) is 13.2 Å². The number of aryl methyl sites for hydroxylation is 1. The number of hydrogen-bond donors (Lipinski definition) is 1. The Bertz CT molecular complexity index is 1060. The zero-order chi connectivity index (χ0) is 21.9. The summed E-state index contributed by atoms with van der Waals surface area (Å²) in [6, 6.07) is 14.5. The fourth-order valence-corrected chi connectivity index (χ4v) is 4.30. The number of hydrogen-bond acceptors (Lipinski definition) is 2. The summed E-state index contributed by atoms with van der Waals surface area (Å²) >= 11 is 8.19. The van der Waals surface area contributed by atoms with Crippen LogP contribution < -0.4 is 5.32 Å². The number of amides is 1. The van der Waals surface area contributed by atoms with E-state index in [1.807, 2.05) is 25.1 Å². The summed E-state index contributed by atoms with van der Waals surface area (Å²) in [7, 11) is 0. The number of anilines is 1. The number of rotatable bonds is 6. The molecule has 0 fully saturated rings. The molecule has 3 nitrogen and oxygen atoms in total. The third-order valence-electron chi connectivity index (χ3n) is 4.68. The Balaban J connectivity index is 1.92. The van der Waals surface area contributed by atoms with Crippen LogP contribution >= 0.6 is 34.2 Å². The van der Waals surface area contributed by atoms with Gasteiger partial charge in [0, 0.05) is 20.5 Å². The van der Waals surface area contributed by atoms with Crippen LogP contribution in [-0.2, 0) is 4.79 Å². The normalized spacial score (nSPS) is 13.8. The van der Waals surface area contributed by atoms with Crippen molar-refractivity contribution in [2.75, 3.05) is 5.32 Å². The average Bonchev–Trinajstić information content (AvgIpc) is 2.67. The summed E-state index contributed by atoms with van der Waals surface area (Å²) in [5.41, 5.74) is 2.67. The first kappa shape index (κ1) is 22.8. The van der Waals surface area contributed by atoms with E-state index < -0.39 is 29.8 Å². The van der Waals surface area contributed by atoms with Crippen molar-refractivity contribution in [3.05, 3.63) is 69.4 Å². The molecule has 2 unspecified atom stereocenters. The van der Waals surface area contributed by atoms with Crippen LogP contribution in [0.1, 0.15) is 29.9 Å². The van der Waals surface area contributed by atoms with Gasteiger partial charge in [-0.25, -0.2) is 0 Å².